The van der Waals surface area contributed by atoms with E-state index in [9.17, 15) is 9.59 Å². The Hall–Kier alpha value is -2.47. The lowest BCUT2D eigenvalue weighted by Gasteiger charge is -2.32. The molecule has 0 saturated heterocycles. The SMILES string of the molecule is Cc1ccc(CN(C(=O)CSCc2ccc(Cl)c(Cl)c2)C(Cc2ccccc2)C(=O)NC(C)C)cc1. The van der Waals surface area contributed by atoms with Crippen LogP contribution in [-0.4, -0.2) is 34.6 Å². The van der Waals surface area contributed by atoms with Crippen molar-refractivity contribution in [3.05, 3.63) is 105 Å². The first-order valence-electron chi connectivity index (χ1n) is 11.9. The summed E-state index contributed by atoms with van der Waals surface area (Å²) in [6.45, 7) is 6.24. The molecule has 4 nitrogen and oxygen atoms in total. The van der Waals surface area contributed by atoms with Gasteiger partial charge in [0.25, 0.3) is 0 Å². The molecule has 0 aliphatic carbocycles. The van der Waals surface area contributed by atoms with Crippen LogP contribution in [0, 0.1) is 6.92 Å². The summed E-state index contributed by atoms with van der Waals surface area (Å²) in [6.07, 6.45) is 0.439. The van der Waals surface area contributed by atoms with Crippen molar-refractivity contribution in [3.8, 4) is 0 Å². The van der Waals surface area contributed by atoms with Gasteiger partial charge >= 0.3 is 0 Å². The van der Waals surface area contributed by atoms with Crippen LogP contribution >= 0.6 is 35.0 Å². The van der Waals surface area contributed by atoms with Gasteiger partial charge in [-0.1, -0.05) is 89.4 Å². The summed E-state index contributed by atoms with van der Waals surface area (Å²) in [5, 5.41) is 4.02. The van der Waals surface area contributed by atoms with E-state index in [4.69, 9.17) is 23.2 Å². The van der Waals surface area contributed by atoms with Crippen molar-refractivity contribution in [2.75, 3.05) is 5.75 Å². The minimum atomic E-state index is -0.630. The summed E-state index contributed by atoms with van der Waals surface area (Å²) in [7, 11) is 0. The van der Waals surface area contributed by atoms with Crippen LogP contribution in [-0.2, 0) is 28.3 Å². The highest BCUT2D eigenvalue weighted by molar-refractivity contribution is 7.99. The van der Waals surface area contributed by atoms with E-state index < -0.39 is 6.04 Å². The summed E-state index contributed by atoms with van der Waals surface area (Å²) in [4.78, 5) is 28.7. The molecule has 0 fully saturated rings. The average molecular weight is 544 g/mol. The highest BCUT2D eigenvalue weighted by Crippen LogP contribution is 2.25. The molecule has 0 spiro atoms. The first-order valence-corrected chi connectivity index (χ1v) is 13.8. The average Bonchev–Trinajstić information content (AvgIpc) is 2.84. The van der Waals surface area contributed by atoms with E-state index in [0.717, 1.165) is 22.3 Å². The number of hydrogen-bond acceptors (Lipinski definition) is 3. The van der Waals surface area contributed by atoms with Gasteiger partial charge in [-0.2, -0.15) is 0 Å². The second kappa shape index (κ2) is 13.7. The predicted octanol–water partition coefficient (Wildman–Crippen LogP) is 6.70. The number of hydrogen-bond donors (Lipinski definition) is 1. The molecule has 0 bridgehead atoms. The molecule has 1 unspecified atom stereocenters. The monoisotopic (exact) mass is 542 g/mol. The smallest absolute Gasteiger partial charge is 0.243 e. The number of thioether (sulfide) groups is 1. The zero-order chi connectivity index (χ0) is 26.1. The maximum Gasteiger partial charge on any atom is 0.243 e. The first-order chi connectivity index (χ1) is 17.2. The lowest BCUT2D eigenvalue weighted by molar-refractivity contribution is -0.139. The van der Waals surface area contributed by atoms with E-state index in [1.54, 1.807) is 11.0 Å². The van der Waals surface area contributed by atoms with Crippen molar-refractivity contribution < 1.29 is 9.59 Å². The number of nitrogens with one attached hydrogen (secondary N) is 1. The lowest BCUT2D eigenvalue weighted by atomic mass is 10.0. The Balaban J connectivity index is 1.83. The fourth-order valence-electron chi connectivity index (χ4n) is 3.79. The van der Waals surface area contributed by atoms with Gasteiger partial charge in [0.2, 0.25) is 11.8 Å². The largest absolute Gasteiger partial charge is 0.352 e. The summed E-state index contributed by atoms with van der Waals surface area (Å²) in [6, 6.07) is 22.7. The Labute approximate surface area is 228 Å². The molecule has 0 aliphatic rings. The number of aryl methyl sites for hydroxylation is 1. The van der Waals surface area contributed by atoms with Crippen molar-refractivity contribution in [1.29, 1.82) is 0 Å². The van der Waals surface area contributed by atoms with Crippen LogP contribution < -0.4 is 5.32 Å². The topological polar surface area (TPSA) is 49.4 Å². The summed E-state index contributed by atoms with van der Waals surface area (Å²) in [5.74, 6) is 0.624. The standard InChI is InChI=1S/C29H32Cl2N2O2S/c1-20(2)32-29(35)27(16-22-7-5-4-6-8-22)33(17-23-11-9-21(3)10-12-23)28(34)19-36-18-24-13-14-25(30)26(31)15-24/h4-15,20,27H,16-19H2,1-3H3,(H,32,35). The second-order valence-corrected chi connectivity index (χ2v) is 10.9. The number of halogens is 2. The van der Waals surface area contributed by atoms with Gasteiger partial charge in [0.1, 0.15) is 6.04 Å². The van der Waals surface area contributed by atoms with Crippen LogP contribution in [0.15, 0.2) is 72.8 Å². The van der Waals surface area contributed by atoms with Crippen molar-refractivity contribution in [1.82, 2.24) is 10.2 Å². The zero-order valence-corrected chi connectivity index (χ0v) is 23.2. The number of carbonyl (C=O) groups is 2. The van der Waals surface area contributed by atoms with Crippen LogP contribution in [0.3, 0.4) is 0 Å². The maximum absolute atomic E-state index is 13.6. The second-order valence-electron chi connectivity index (χ2n) is 9.12. The number of benzene rings is 3. The normalized spacial score (nSPS) is 11.8. The van der Waals surface area contributed by atoms with Gasteiger partial charge in [0.05, 0.1) is 15.8 Å². The van der Waals surface area contributed by atoms with Gasteiger partial charge in [-0.25, -0.2) is 0 Å². The van der Waals surface area contributed by atoms with Crippen molar-refractivity contribution >= 4 is 46.8 Å². The minimum absolute atomic E-state index is 0.0314. The summed E-state index contributed by atoms with van der Waals surface area (Å²) < 4.78 is 0. The molecule has 0 heterocycles. The van der Waals surface area contributed by atoms with E-state index >= 15 is 0 Å². The van der Waals surface area contributed by atoms with E-state index in [1.807, 2.05) is 87.5 Å². The maximum atomic E-state index is 13.6. The molecule has 190 valence electrons. The van der Waals surface area contributed by atoms with E-state index in [2.05, 4.69) is 5.32 Å². The molecule has 3 rings (SSSR count). The van der Waals surface area contributed by atoms with Crippen molar-refractivity contribution in [2.24, 2.45) is 0 Å². The summed E-state index contributed by atoms with van der Waals surface area (Å²) >= 11 is 13.7. The van der Waals surface area contributed by atoms with Crippen LogP contribution in [0.25, 0.3) is 0 Å². The van der Waals surface area contributed by atoms with Crippen molar-refractivity contribution in [2.45, 2.75) is 51.6 Å². The van der Waals surface area contributed by atoms with Gasteiger partial charge in [-0.15, -0.1) is 11.8 Å². The Morgan fingerprint density at radius 3 is 2.19 bits per heavy atom. The molecule has 3 aromatic rings. The molecule has 7 heteroatoms. The van der Waals surface area contributed by atoms with Crippen LogP contribution in [0.4, 0.5) is 0 Å². The molecule has 1 atom stereocenters. The Morgan fingerprint density at radius 1 is 0.889 bits per heavy atom. The van der Waals surface area contributed by atoms with Gasteiger partial charge in [-0.3, -0.25) is 9.59 Å². The van der Waals surface area contributed by atoms with Crippen LogP contribution in [0.2, 0.25) is 10.0 Å². The molecule has 0 aliphatic heterocycles. The third-order valence-corrected chi connectivity index (χ3v) is 7.38. The Bertz CT molecular complexity index is 1150. The number of carbonyl (C=O) groups excluding carboxylic acids is 2. The summed E-state index contributed by atoms with van der Waals surface area (Å²) in [5.41, 5.74) is 4.13. The van der Waals surface area contributed by atoms with Gasteiger partial charge < -0.3 is 10.2 Å². The number of nitrogens with zero attached hydrogens (tertiary/aromatic N) is 1. The molecule has 2 amide bonds. The highest BCUT2D eigenvalue weighted by atomic mass is 35.5. The number of rotatable bonds is 11. The van der Waals surface area contributed by atoms with Crippen LogP contribution in [0.1, 0.15) is 36.1 Å². The molecule has 0 radical (unpaired) electrons. The molecular formula is C29H32Cl2N2O2S. The van der Waals surface area contributed by atoms with Crippen LogP contribution in [0.5, 0.6) is 0 Å². The molecule has 36 heavy (non-hydrogen) atoms. The van der Waals surface area contributed by atoms with Gasteiger partial charge in [-0.05, 0) is 49.6 Å². The highest BCUT2D eigenvalue weighted by Gasteiger charge is 2.30. The molecule has 0 saturated carbocycles. The Morgan fingerprint density at radius 2 is 1.56 bits per heavy atom. The molecule has 1 N–H and O–H groups in total. The fraction of sp³-hybridized carbons (Fsp3) is 0.310. The molecule has 0 aromatic heterocycles. The third kappa shape index (κ3) is 8.58. The first kappa shape index (κ1) is 28.1. The fourth-order valence-corrected chi connectivity index (χ4v) is 4.97. The van der Waals surface area contributed by atoms with E-state index in [1.165, 1.54) is 11.8 Å². The Kier molecular flexibility index (Phi) is 10.7. The third-order valence-electron chi connectivity index (χ3n) is 5.65. The number of amides is 2. The minimum Gasteiger partial charge on any atom is -0.352 e. The van der Waals surface area contributed by atoms with Gasteiger partial charge in [0, 0.05) is 24.8 Å². The van der Waals surface area contributed by atoms with Crippen molar-refractivity contribution in [3.63, 3.8) is 0 Å². The lowest BCUT2D eigenvalue weighted by Crippen LogP contribution is -2.52. The molecular weight excluding hydrogens is 511 g/mol. The zero-order valence-electron chi connectivity index (χ0n) is 20.8. The molecule has 3 aromatic carbocycles. The van der Waals surface area contributed by atoms with E-state index in [0.29, 0.717) is 28.8 Å². The van der Waals surface area contributed by atoms with Gasteiger partial charge in [0.15, 0.2) is 0 Å². The van der Waals surface area contributed by atoms with E-state index in [-0.39, 0.29) is 23.6 Å². The quantitative estimate of drug-likeness (QED) is 0.293. The predicted molar refractivity (Wildman–Crippen MR) is 152 cm³/mol.